The van der Waals surface area contributed by atoms with E-state index in [-0.39, 0.29) is 6.61 Å². The van der Waals surface area contributed by atoms with Gasteiger partial charge in [-0.05, 0) is 30.7 Å². The number of hydrogen-bond acceptors (Lipinski definition) is 5. The molecule has 0 spiro atoms. The van der Waals surface area contributed by atoms with Crippen LogP contribution in [0.15, 0.2) is 53.6 Å². The first-order valence-corrected chi connectivity index (χ1v) is 9.05. The van der Waals surface area contributed by atoms with Crippen LogP contribution in [0.4, 0.5) is 4.79 Å². The maximum Gasteiger partial charge on any atom is 0.407 e. The van der Waals surface area contributed by atoms with Crippen molar-refractivity contribution in [3.8, 4) is 5.75 Å². The monoisotopic (exact) mass is 403 g/mol. The van der Waals surface area contributed by atoms with Gasteiger partial charge >= 0.3 is 6.09 Å². The summed E-state index contributed by atoms with van der Waals surface area (Å²) >= 11 is 5.98. The molecule has 0 aliphatic rings. The predicted molar refractivity (Wildman–Crippen MR) is 108 cm³/mol. The lowest BCUT2D eigenvalue weighted by Gasteiger charge is -2.16. The molecule has 0 saturated carbocycles. The van der Waals surface area contributed by atoms with Crippen LogP contribution in [-0.4, -0.2) is 38.0 Å². The number of hydrazone groups is 1. The quantitative estimate of drug-likeness (QED) is 0.523. The molecule has 2 aromatic carbocycles. The Kier molecular flexibility index (Phi) is 8.30. The van der Waals surface area contributed by atoms with E-state index in [1.54, 1.807) is 25.1 Å². The SMILES string of the molecule is CCOC(=O)N[C@@H](Cc1ccccc1)C(=O)N/N=C\c1cc(Cl)ccc1OC. The lowest BCUT2D eigenvalue weighted by atomic mass is 10.1. The van der Waals surface area contributed by atoms with Crippen LogP contribution in [0.1, 0.15) is 18.1 Å². The van der Waals surface area contributed by atoms with Crippen molar-refractivity contribution in [2.45, 2.75) is 19.4 Å². The van der Waals surface area contributed by atoms with Gasteiger partial charge in [0, 0.05) is 17.0 Å². The summed E-state index contributed by atoms with van der Waals surface area (Å²) in [6, 6.07) is 13.5. The van der Waals surface area contributed by atoms with Gasteiger partial charge in [-0.2, -0.15) is 5.10 Å². The zero-order chi connectivity index (χ0) is 20.4. The third-order valence-corrected chi connectivity index (χ3v) is 3.97. The van der Waals surface area contributed by atoms with Crippen molar-refractivity contribution in [3.05, 3.63) is 64.7 Å². The molecular formula is C20H22ClN3O4. The fraction of sp³-hybridized carbons (Fsp3) is 0.250. The second-order valence-electron chi connectivity index (χ2n) is 5.73. The molecule has 148 valence electrons. The van der Waals surface area contributed by atoms with Crippen molar-refractivity contribution in [2.75, 3.05) is 13.7 Å². The highest BCUT2D eigenvalue weighted by molar-refractivity contribution is 6.30. The summed E-state index contributed by atoms with van der Waals surface area (Å²) in [5.74, 6) is 0.0852. The summed E-state index contributed by atoms with van der Waals surface area (Å²) in [6.45, 7) is 1.90. The number of alkyl carbamates (subject to hydrolysis) is 1. The molecule has 2 aromatic rings. The topological polar surface area (TPSA) is 89.0 Å². The molecule has 0 unspecified atom stereocenters. The smallest absolute Gasteiger partial charge is 0.407 e. The maximum absolute atomic E-state index is 12.5. The number of halogens is 1. The fourth-order valence-corrected chi connectivity index (χ4v) is 2.60. The summed E-state index contributed by atoms with van der Waals surface area (Å²) in [5, 5.41) is 7.02. The first-order chi connectivity index (χ1) is 13.5. The Hall–Kier alpha value is -3.06. The third-order valence-electron chi connectivity index (χ3n) is 3.74. The molecule has 0 aromatic heterocycles. The summed E-state index contributed by atoms with van der Waals surface area (Å²) in [7, 11) is 1.53. The van der Waals surface area contributed by atoms with Crippen LogP contribution in [-0.2, 0) is 16.0 Å². The first-order valence-electron chi connectivity index (χ1n) is 8.67. The third kappa shape index (κ3) is 6.59. The average molecular weight is 404 g/mol. The van der Waals surface area contributed by atoms with Crippen molar-refractivity contribution in [1.82, 2.24) is 10.7 Å². The van der Waals surface area contributed by atoms with Gasteiger partial charge < -0.3 is 14.8 Å². The number of methoxy groups -OCH3 is 1. The zero-order valence-electron chi connectivity index (χ0n) is 15.6. The van der Waals surface area contributed by atoms with Crippen LogP contribution in [0.2, 0.25) is 5.02 Å². The molecule has 2 amide bonds. The highest BCUT2D eigenvalue weighted by atomic mass is 35.5. The van der Waals surface area contributed by atoms with Gasteiger partial charge in [-0.15, -0.1) is 0 Å². The van der Waals surface area contributed by atoms with Gasteiger partial charge in [0.15, 0.2) is 0 Å². The summed E-state index contributed by atoms with van der Waals surface area (Å²) in [6.07, 6.45) is 1.05. The molecule has 7 nitrogen and oxygen atoms in total. The van der Waals surface area contributed by atoms with E-state index >= 15 is 0 Å². The number of nitrogens with zero attached hydrogens (tertiary/aromatic N) is 1. The molecule has 8 heteroatoms. The molecule has 0 saturated heterocycles. The predicted octanol–water partition coefficient (Wildman–Crippen LogP) is 3.16. The van der Waals surface area contributed by atoms with E-state index in [1.165, 1.54) is 13.3 Å². The number of benzene rings is 2. The normalized spacial score (nSPS) is 11.7. The molecule has 0 aliphatic heterocycles. The van der Waals surface area contributed by atoms with Gasteiger partial charge in [0.25, 0.3) is 5.91 Å². The highest BCUT2D eigenvalue weighted by Gasteiger charge is 2.21. The second-order valence-corrected chi connectivity index (χ2v) is 6.16. The largest absolute Gasteiger partial charge is 0.496 e. The molecule has 0 fully saturated rings. The van der Waals surface area contributed by atoms with Crippen LogP contribution in [0.25, 0.3) is 0 Å². The highest BCUT2D eigenvalue weighted by Crippen LogP contribution is 2.20. The first kappa shape index (κ1) is 21.2. The Bertz CT molecular complexity index is 827. The number of rotatable bonds is 8. The Morgan fingerprint density at radius 1 is 1.21 bits per heavy atom. The van der Waals surface area contributed by atoms with Gasteiger partial charge in [0.2, 0.25) is 0 Å². The number of carbonyl (C=O) groups excluding carboxylic acids is 2. The molecule has 1 atom stereocenters. The molecule has 2 rings (SSSR count). The number of ether oxygens (including phenoxy) is 2. The van der Waals surface area contributed by atoms with E-state index in [0.29, 0.717) is 22.8 Å². The van der Waals surface area contributed by atoms with Gasteiger partial charge in [-0.1, -0.05) is 41.9 Å². The summed E-state index contributed by atoms with van der Waals surface area (Å²) in [4.78, 5) is 24.3. The van der Waals surface area contributed by atoms with E-state index < -0.39 is 18.0 Å². The van der Waals surface area contributed by atoms with Crippen molar-refractivity contribution in [3.63, 3.8) is 0 Å². The Morgan fingerprint density at radius 3 is 2.64 bits per heavy atom. The minimum atomic E-state index is -0.847. The Balaban J connectivity index is 2.08. The lowest BCUT2D eigenvalue weighted by molar-refractivity contribution is -0.123. The zero-order valence-corrected chi connectivity index (χ0v) is 16.4. The van der Waals surface area contributed by atoms with Crippen molar-refractivity contribution in [2.24, 2.45) is 5.10 Å². The molecule has 2 N–H and O–H groups in total. The van der Waals surface area contributed by atoms with E-state index in [0.717, 1.165) is 5.56 Å². The van der Waals surface area contributed by atoms with Gasteiger partial charge in [0.05, 0.1) is 19.9 Å². The molecule has 0 bridgehead atoms. The minimum absolute atomic E-state index is 0.207. The minimum Gasteiger partial charge on any atom is -0.496 e. The van der Waals surface area contributed by atoms with Crippen LogP contribution in [0.5, 0.6) is 5.75 Å². The summed E-state index contributed by atoms with van der Waals surface area (Å²) in [5.41, 5.74) is 3.93. The van der Waals surface area contributed by atoms with Crippen LogP contribution < -0.4 is 15.5 Å². The fourth-order valence-electron chi connectivity index (χ4n) is 2.42. The molecule has 0 heterocycles. The number of amides is 2. The van der Waals surface area contributed by atoms with Crippen LogP contribution in [0.3, 0.4) is 0 Å². The molecule has 0 radical (unpaired) electrons. The van der Waals surface area contributed by atoms with Crippen molar-refractivity contribution >= 4 is 29.8 Å². The Morgan fingerprint density at radius 2 is 1.96 bits per heavy atom. The second kappa shape index (κ2) is 10.9. The molecular weight excluding hydrogens is 382 g/mol. The van der Waals surface area contributed by atoms with Crippen molar-refractivity contribution in [1.29, 1.82) is 0 Å². The lowest BCUT2D eigenvalue weighted by Crippen LogP contribution is -2.47. The van der Waals surface area contributed by atoms with Crippen LogP contribution >= 0.6 is 11.6 Å². The van der Waals surface area contributed by atoms with E-state index in [9.17, 15) is 9.59 Å². The van der Waals surface area contributed by atoms with Crippen molar-refractivity contribution < 1.29 is 19.1 Å². The number of carbonyl (C=O) groups is 2. The standard InChI is InChI=1S/C20H22ClN3O4/c1-3-28-20(26)23-17(11-14-7-5-4-6-8-14)19(25)24-22-13-15-12-16(21)9-10-18(15)27-2/h4-10,12-13,17H,3,11H2,1-2H3,(H,23,26)(H,24,25)/b22-13-/t17-/m0/s1. The van der Waals surface area contributed by atoms with E-state index in [4.69, 9.17) is 21.1 Å². The maximum atomic E-state index is 12.5. The van der Waals surface area contributed by atoms with E-state index in [2.05, 4.69) is 15.8 Å². The number of hydrogen-bond donors (Lipinski definition) is 2. The number of nitrogens with one attached hydrogen (secondary N) is 2. The van der Waals surface area contributed by atoms with Gasteiger partial charge in [-0.3, -0.25) is 4.79 Å². The van der Waals surface area contributed by atoms with Crippen LogP contribution in [0, 0.1) is 0 Å². The molecule has 0 aliphatic carbocycles. The summed E-state index contributed by atoms with van der Waals surface area (Å²) < 4.78 is 10.1. The average Bonchev–Trinajstić information content (AvgIpc) is 2.68. The van der Waals surface area contributed by atoms with Gasteiger partial charge in [-0.25, -0.2) is 10.2 Å². The molecule has 28 heavy (non-hydrogen) atoms. The Labute approximate surface area is 168 Å². The van der Waals surface area contributed by atoms with Gasteiger partial charge in [0.1, 0.15) is 11.8 Å². The van der Waals surface area contributed by atoms with E-state index in [1.807, 2.05) is 30.3 Å².